The minimum atomic E-state index is -0.156. The molecule has 5 heteroatoms. The number of methoxy groups -OCH3 is 1. The molecular formula is C14H17N3O2. The average Bonchev–Trinajstić information content (AvgIpc) is 2.84. The number of aromatic amines is 1. The van der Waals surface area contributed by atoms with Crippen LogP contribution in [0.4, 0.5) is 5.69 Å². The van der Waals surface area contributed by atoms with E-state index in [9.17, 15) is 4.79 Å². The molecule has 0 saturated carbocycles. The molecule has 0 fully saturated rings. The van der Waals surface area contributed by atoms with Crippen LogP contribution in [0.25, 0.3) is 0 Å². The average molecular weight is 259 g/mol. The van der Waals surface area contributed by atoms with E-state index < -0.39 is 0 Å². The maximum Gasteiger partial charge on any atom is 0.259 e. The Bertz CT molecular complexity index is 563. The van der Waals surface area contributed by atoms with Crippen LogP contribution in [0.1, 0.15) is 21.6 Å². The van der Waals surface area contributed by atoms with E-state index in [1.807, 2.05) is 31.2 Å². The Morgan fingerprint density at radius 2 is 2.21 bits per heavy atom. The number of benzene rings is 1. The first kappa shape index (κ1) is 13.3. The van der Waals surface area contributed by atoms with Crippen LogP contribution in [0.5, 0.6) is 0 Å². The van der Waals surface area contributed by atoms with Crippen molar-refractivity contribution in [3.05, 3.63) is 47.3 Å². The summed E-state index contributed by atoms with van der Waals surface area (Å²) in [6, 6.07) is 7.72. The third-order valence-electron chi connectivity index (χ3n) is 2.92. The number of ether oxygens (including phenoxy) is 1. The number of hydrogen-bond donors (Lipinski definition) is 2. The van der Waals surface area contributed by atoms with Crippen LogP contribution in [-0.4, -0.2) is 29.8 Å². The summed E-state index contributed by atoms with van der Waals surface area (Å²) in [6.07, 6.45) is 2.29. The van der Waals surface area contributed by atoms with Crippen LogP contribution in [0.2, 0.25) is 0 Å². The number of anilines is 1. The second-order valence-electron chi connectivity index (χ2n) is 4.26. The molecule has 0 spiro atoms. The van der Waals surface area contributed by atoms with Crippen LogP contribution < -0.4 is 5.32 Å². The summed E-state index contributed by atoms with van der Waals surface area (Å²) in [5.74, 6) is -0.156. The number of rotatable bonds is 5. The second-order valence-corrected chi connectivity index (χ2v) is 4.26. The fraction of sp³-hybridized carbons (Fsp3) is 0.286. The van der Waals surface area contributed by atoms with Gasteiger partial charge in [0.2, 0.25) is 0 Å². The molecule has 1 aromatic heterocycles. The van der Waals surface area contributed by atoms with Gasteiger partial charge < -0.3 is 10.1 Å². The van der Waals surface area contributed by atoms with Crippen LogP contribution >= 0.6 is 0 Å². The standard InChI is InChI=1S/C14H17N3O2/c1-10-12(9-15-17-10)14(18)16-13-6-4-3-5-11(13)7-8-19-2/h3-6,9H,7-8H2,1-2H3,(H,15,17)(H,16,18). The number of para-hydroxylation sites is 1. The number of H-pyrrole nitrogens is 1. The van der Waals surface area contributed by atoms with Gasteiger partial charge in [-0.15, -0.1) is 0 Å². The third-order valence-corrected chi connectivity index (χ3v) is 2.92. The molecule has 0 atom stereocenters. The summed E-state index contributed by atoms with van der Waals surface area (Å²) >= 11 is 0. The summed E-state index contributed by atoms with van der Waals surface area (Å²) in [4.78, 5) is 12.1. The molecule has 1 amide bonds. The molecule has 0 saturated heterocycles. The summed E-state index contributed by atoms with van der Waals surface area (Å²) in [5.41, 5.74) is 3.18. The smallest absolute Gasteiger partial charge is 0.259 e. The van der Waals surface area contributed by atoms with Crippen molar-refractivity contribution < 1.29 is 9.53 Å². The zero-order valence-electron chi connectivity index (χ0n) is 11.1. The molecule has 19 heavy (non-hydrogen) atoms. The highest BCUT2D eigenvalue weighted by Crippen LogP contribution is 2.17. The normalized spacial score (nSPS) is 10.4. The SMILES string of the molecule is COCCc1ccccc1NC(=O)c1cn[nH]c1C. The van der Waals surface area contributed by atoms with Crippen LogP contribution in [0.3, 0.4) is 0 Å². The van der Waals surface area contributed by atoms with Gasteiger partial charge >= 0.3 is 0 Å². The molecule has 2 aromatic rings. The van der Waals surface area contributed by atoms with E-state index in [0.29, 0.717) is 12.2 Å². The van der Waals surface area contributed by atoms with Crippen molar-refractivity contribution in [2.24, 2.45) is 0 Å². The Morgan fingerprint density at radius 3 is 2.89 bits per heavy atom. The van der Waals surface area contributed by atoms with E-state index in [2.05, 4.69) is 15.5 Å². The zero-order chi connectivity index (χ0) is 13.7. The van der Waals surface area contributed by atoms with Gasteiger partial charge in [0, 0.05) is 18.5 Å². The van der Waals surface area contributed by atoms with Gasteiger partial charge in [-0.25, -0.2) is 0 Å². The van der Waals surface area contributed by atoms with E-state index >= 15 is 0 Å². The monoisotopic (exact) mass is 259 g/mol. The van der Waals surface area contributed by atoms with Crippen LogP contribution in [0, 0.1) is 6.92 Å². The minimum Gasteiger partial charge on any atom is -0.384 e. The largest absolute Gasteiger partial charge is 0.384 e. The van der Waals surface area contributed by atoms with Gasteiger partial charge in [0.25, 0.3) is 5.91 Å². The van der Waals surface area contributed by atoms with Gasteiger partial charge in [0.1, 0.15) is 0 Å². The van der Waals surface area contributed by atoms with E-state index in [4.69, 9.17) is 4.74 Å². The molecule has 0 bridgehead atoms. The van der Waals surface area contributed by atoms with Gasteiger partial charge in [-0.1, -0.05) is 18.2 Å². The molecule has 2 N–H and O–H groups in total. The fourth-order valence-electron chi connectivity index (χ4n) is 1.84. The van der Waals surface area contributed by atoms with Crippen molar-refractivity contribution in [3.63, 3.8) is 0 Å². The molecule has 100 valence electrons. The zero-order valence-corrected chi connectivity index (χ0v) is 11.1. The number of nitrogens with zero attached hydrogens (tertiary/aromatic N) is 1. The number of aryl methyl sites for hydroxylation is 1. The Labute approximate surface area is 112 Å². The number of carbonyl (C=O) groups excluding carboxylic acids is 1. The van der Waals surface area contributed by atoms with Gasteiger partial charge in [-0.2, -0.15) is 5.10 Å². The predicted octanol–water partition coefficient (Wildman–Crippen LogP) is 2.16. The van der Waals surface area contributed by atoms with Crippen molar-refractivity contribution in [2.75, 3.05) is 19.0 Å². The Morgan fingerprint density at radius 1 is 1.42 bits per heavy atom. The molecule has 0 aliphatic carbocycles. The third kappa shape index (κ3) is 3.20. The Kier molecular flexibility index (Phi) is 4.30. The lowest BCUT2D eigenvalue weighted by Gasteiger charge is -2.10. The van der Waals surface area contributed by atoms with E-state index in [-0.39, 0.29) is 5.91 Å². The Hall–Kier alpha value is -2.14. The highest BCUT2D eigenvalue weighted by molar-refractivity contribution is 6.05. The number of hydrogen-bond acceptors (Lipinski definition) is 3. The van der Waals surface area contributed by atoms with Gasteiger partial charge in [-0.3, -0.25) is 9.89 Å². The fourth-order valence-corrected chi connectivity index (χ4v) is 1.84. The lowest BCUT2D eigenvalue weighted by Crippen LogP contribution is -2.14. The van der Waals surface area contributed by atoms with Gasteiger partial charge in [0.15, 0.2) is 0 Å². The first-order valence-electron chi connectivity index (χ1n) is 6.10. The second kappa shape index (κ2) is 6.15. The molecule has 0 aliphatic heterocycles. The van der Waals surface area contributed by atoms with Crippen molar-refractivity contribution in [1.29, 1.82) is 0 Å². The number of carbonyl (C=O) groups is 1. The minimum absolute atomic E-state index is 0.156. The summed E-state index contributed by atoms with van der Waals surface area (Å²) in [5, 5.41) is 9.51. The lowest BCUT2D eigenvalue weighted by atomic mass is 10.1. The van der Waals surface area contributed by atoms with Crippen molar-refractivity contribution in [1.82, 2.24) is 10.2 Å². The first-order chi connectivity index (χ1) is 9.22. The van der Waals surface area contributed by atoms with Crippen molar-refractivity contribution in [3.8, 4) is 0 Å². The predicted molar refractivity (Wildman–Crippen MR) is 73.3 cm³/mol. The molecule has 0 radical (unpaired) electrons. The van der Waals surface area contributed by atoms with E-state index in [1.165, 1.54) is 6.20 Å². The van der Waals surface area contributed by atoms with Crippen LogP contribution in [0.15, 0.2) is 30.5 Å². The Balaban J connectivity index is 2.15. The number of amides is 1. The molecular weight excluding hydrogens is 242 g/mol. The quantitative estimate of drug-likeness (QED) is 0.864. The van der Waals surface area contributed by atoms with Gasteiger partial charge in [0.05, 0.1) is 18.4 Å². The molecule has 2 rings (SSSR count). The first-order valence-corrected chi connectivity index (χ1v) is 6.10. The summed E-state index contributed by atoms with van der Waals surface area (Å²) in [7, 11) is 1.66. The van der Waals surface area contributed by atoms with Crippen molar-refractivity contribution >= 4 is 11.6 Å². The molecule has 0 unspecified atom stereocenters. The summed E-state index contributed by atoms with van der Waals surface area (Å²) in [6.45, 7) is 2.44. The maximum absolute atomic E-state index is 12.1. The molecule has 1 heterocycles. The number of aromatic nitrogens is 2. The maximum atomic E-state index is 12.1. The molecule has 1 aromatic carbocycles. The highest BCUT2D eigenvalue weighted by atomic mass is 16.5. The molecule has 0 aliphatic rings. The topological polar surface area (TPSA) is 67.0 Å². The van der Waals surface area contributed by atoms with E-state index in [1.54, 1.807) is 7.11 Å². The van der Waals surface area contributed by atoms with Crippen molar-refractivity contribution in [2.45, 2.75) is 13.3 Å². The van der Waals surface area contributed by atoms with Gasteiger partial charge in [-0.05, 0) is 25.0 Å². The lowest BCUT2D eigenvalue weighted by molar-refractivity contribution is 0.102. The van der Waals surface area contributed by atoms with E-state index in [0.717, 1.165) is 23.4 Å². The number of nitrogens with one attached hydrogen (secondary N) is 2. The van der Waals surface area contributed by atoms with Crippen LogP contribution in [-0.2, 0) is 11.2 Å². The highest BCUT2D eigenvalue weighted by Gasteiger charge is 2.12. The summed E-state index contributed by atoms with van der Waals surface area (Å²) < 4.78 is 5.07. The molecule has 5 nitrogen and oxygen atoms in total.